The van der Waals surface area contributed by atoms with Crippen molar-refractivity contribution in [1.82, 2.24) is 19.7 Å². The molecule has 4 aromatic rings. The third-order valence-electron chi connectivity index (χ3n) is 5.71. The van der Waals surface area contributed by atoms with Crippen LogP contribution < -0.4 is 0 Å². The number of rotatable bonds is 5. The molecule has 2 atom stereocenters. The van der Waals surface area contributed by atoms with E-state index in [1.54, 1.807) is 0 Å². The maximum absolute atomic E-state index is 12.2. The molecule has 0 amide bonds. The molecule has 6 nitrogen and oxygen atoms in total. The summed E-state index contributed by atoms with van der Waals surface area (Å²) in [5.74, 6) is 0.604. The van der Waals surface area contributed by atoms with Crippen molar-refractivity contribution in [3.05, 3.63) is 60.2 Å². The van der Waals surface area contributed by atoms with Crippen LogP contribution in [-0.4, -0.2) is 37.1 Å². The van der Waals surface area contributed by atoms with Gasteiger partial charge in [-0.05, 0) is 32.9 Å². The molecule has 0 bridgehead atoms. The Kier molecular flexibility index (Phi) is 5.43. The lowest BCUT2D eigenvalue weighted by Crippen LogP contribution is -2.11. The largest absolute Gasteiger partial charge is 0.462 e. The monoisotopic (exact) mass is 444 g/mol. The molecule has 1 aliphatic heterocycles. The van der Waals surface area contributed by atoms with E-state index in [-0.39, 0.29) is 17.3 Å². The van der Waals surface area contributed by atoms with E-state index in [1.165, 1.54) is 17.3 Å². The number of nitrogens with zero attached hydrogens (tertiary/aromatic N) is 4. The number of aromatic nitrogens is 4. The van der Waals surface area contributed by atoms with E-state index in [0.29, 0.717) is 13.0 Å². The molecule has 32 heavy (non-hydrogen) atoms. The summed E-state index contributed by atoms with van der Waals surface area (Å²) in [5, 5.41) is 10.5. The van der Waals surface area contributed by atoms with Crippen molar-refractivity contribution in [2.45, 2.75) is 50.2 Å². The highest BCUT2D eigenvalue weighted by molar-refractivity contribution is 8.00. The zero-order chi connectivity index (χ0) is 22.2. The van der Waals surface area contributed by atoms with Crippen LogP contribution in [0.2, 0.25) is 0 Å². The second-order valence-corrected chi connectivity index (χ2v) is 9.25. The topological polar surface area (TPSA) is 69.9 Å². The molecule has 2 aromatic heterocycles. The van der Waals surface area contributed by atoms with Gasteiger partial charge in [-0.15, -0.1) is 10.2 Å². The summed E-state index contributed by atoms with van der Waals surface area (Å²) in [7, 11) is 0. The molecular weight excluding hydrogens is 420 g/mol. The minimum Gasteiger partial charge on any atom is -0.462 e. The van der Waals surface area contributed by atoms with Crippen LogP contribution in [0.1, 0.15) is 25.8 Å². The fraction of sp³-hybridized carbons (Fsp3) is 0.280. The van der Waals surface area contributed by atoms with Crippen molar-refractivity contribution in [3.8, 4) is 22.6 Å². The number of cyclic esters (lactones) is 1. The molecule has 7 heteroatoms. The number of thioether (sulfide) groups is 1. The van der Waals surface area contributed by atoms with Gasteiger partial charge in [0.15, 0.2) is 11.0 Å². The minimum absolute atomic E-state index is 0.0568. The van der Waals surface area contributed by atoms with Crippen LogP contribution in [0.3, 0.4) is 0 Å². The molecule has 1 fully saturated rings. The van der Waals surface area contributed by atoms with E-state index < -0.39 is 0 Å². The van der Waals surface area contributed by atoms with Crippen molar-refractivity contribution < 1.29 is 9.53 Å². The fourth-order valence-electron chi connectivity index (χ4n) is 4.04. The van der Waals surface area contributed by atoms with Crippen LogP contribution in [0.25, 0.3) is 33.5 Å². The van der Waals surface area contributed by atoms with Gasteiger partial charge in [0.05, 0.1) is 11.2 Å². The smallest absolute Gasteiger partial charge is 0.319 e. The summed E-state index contributed by atoms with van der Waals surface area (Å²) in [6.45, 7) is 6.76. The van der Waals surface area contributed by atoms with E-state index in [1.807, 2.05) is 25.1 Å². The van der Waals surface area contributed by atoms with Gasteiger partial charge in [-0.1, -0.05) is 59.8 Å². The molecular formula is C25H24N4O2S. The van der Waals surface area contributed by atoms with Crippen LogP contribution in [0.15, 0.2) is 59.8 Å². The standard InChI is InChI=1S/C25H24N4O2S/c1-4-29-23(27-28-25(29)32-22-13-16(3)31-24(22)30)19-14-21(17-11-9-15(2)10-12-17)26-20-8-6-5-7-18(19)20/h5-12,14,16,22H,4,13H2,1-3H3. The van der Waals surface area contributed by atoms with Crippen molar-refractivity contribution in [3.63, 3.8) is 0 Å². The molecule has 0 aliphatic carbocycles. The summed E-state index contributed by atoms with van der Waals surface area (Å²) < 4.78 is 7.39. The van der Waals surface area contributed by atoms with Crippen LogP contribution in [0.5, 0.6) is 0 Å². The summed E-state index contributed by atoms with van der Waals surface area (Å²) in [5.41, 5.74) is 5.06. The molecule has 162 valence electrons. The Morgan fingerprint density at radius 2 is 1.91 bits per heavy atom. The Morgan fingerprint density at radius 1 is 1.12 bits per heavy atom. The number of esters is 1. The van der Waals surface area contributed by atoms with Gasteiger partial charge in [-0.3, -0.25) is 4.79 Å². The van der Waals surface area contributed by atoms with Gasteiger partial charge < -0.3 is 9.30 Å². The van der Waals surface area contributed by atoms with Gasteiger partial charge in [0.25, 0.3) is 0 Å². The lowest BCUT2D eigenvalue weighted by atomic mass is 10.0. The summed E-state index contributed by atoms with van der Waals surface area (Å²) in [4.78, 5) is 17.1. The Morgan fingerprint density at radius 3 is 2.62 bits per heavy atom. The Bertz CT molecular complexity index is 1300. The summed E-state index contributed by atoms with van der Waals surface area (Å²) in [6, 6.07) is 18.6. The number of benzene rings is 2. The fourth-order valence-corrected chi connectivity index (χ4v) is 5.24. The number of para-hydroxylation sites is 1. The highest BCUT2D eigenvalue weighted by Crippen LogP contribution is 2.36. The maximum Gasteiger partial charge on any atom is 0.319 e. The average Bonchev–Trinajstić information content (AvgIpc) is 3.35. The van der Waals surface area contributed by atoms with Gasteiger partial charge in [-0.25, -0.2) is 4.98 Å². The van der Waals surface area contributed by atoms with Crippen molar-refractivity contribution in [1.29, 1.82) is 0 Å². The van der Waals surface area contributed by atoms with Crippen molar-refractivity contribution in [2.75, 3.05) is 0 Å². The Labute approximate surface area is 191 Å². The number of pyridine rings is 1. The van der Waals surface area contributed by atoms with Gasteiger partial charge in [-0.2, -0.15) is 0 Å². The molecule has 3 heterocycles. The second kappa shape index (κ2) is 8.39. The van der Waals surface area contributed by atoms with E-state index in [2.05, 4.69) is 65.0 Å². The molecule has 2 unspecified atom stereocenters. The van der Waals surface area contributed by atoms with Crippen LogP contribution in [0.4, 0.5) is 0 Å². The predicted octanol–water partition coefficient (Wildman–Crippen LogP) is 5.28. The van der Waals surface area contributed by atoms with Crippen molar-refractivity contribution in [2.24, 2.45) is 0 Å². The zero-order valence-corrected chi connectivity index (χ0v) is 19.1. The third kappa shape index (κ3) is 3.77. The van der Waals surface area contributed by atoms with Crippen LogP contribution >= 0.6 is 11.8 Å². The third-order valence-corrected chi connectivity index (χ3v) is 6.89. The minimum atomic E-state index is -0.246. The van der Waals surface area contributed by atoms with Crippen LogP contribution in [0, 0.1) is 6.92 Å². The molecule has 0 radical (unpaired) electrons. The highest BCUT2D eigenvalue weighted by Gasteiger charge is 2.34. The van der Waals surface area contributed by atoms with Gasteiger partial charge in [0.2, 0.25) is 0 Å². The van der Waals surface area contributed by atoms with E-state index in [4.69, 9.17) is 9.72 Å². The molecule has 0 spiro atoms. The van der Waals surface area contributed by atoms with E-state index >= 15 is 0 Å². The number of fused-ring (bicyclic) bond motifs is 1. The number of aryl methyl sites for hydroxylation is 1. The lowest BCUT2D eigenvalue weighted by Gasteiger charge is -2.12. The number of carbonyl (C=O) groups excluding carboxylic acids is 1. The SMILES string of the molecule is CCn1c(SC2CC(C)OC2=O)nnc1-c1cc(-c2ccc(C)cc2)nc2ccccc12. The van der Waals surface area contributed by atoms with E-state index in [0.717, 1.165) is 38.7 Å². The number of hydrogen-bond donors (Lipinski definition) is 0. The summed E-state index contributed by atoms with van der Waals surface area (Å²) in [6.07, 6.45) is 0.629. The number of ether oxygens (including phenoxy) is 1. The zero-order valence-electron chi connectivity index (χ0n) is 18.3. The van der Waals surface area contributed by atoms with Crippen molar-refractivity contribution >= 4 is 28.6 Å². The highest BCUT2D eigenvalue weighted by atomic mass is 32.2. The molecule has 0 N–H and O–H groups in total. The summed E-state index contributed by atoms with van der Waals surface area (Å²) >= 11 is 1.44. The Balaban J connectivity index is 1.62. The van der Waals surface area contributed by atoms with Gasteiger partial charge in [0, 0.05) is 29.5 Å². The molecule has 2 aromatic carbocycles. The quantitative estimate of drug-likeness (QED) is 0.390. The first-order chi connectivity index (χ1) is 15.5. The predicted molar refractivity (Wildman–Crippen MR) is 126 cm³/mol. The lowest BCUT2D eigenvalue weighted by molar-refractivity contribution is -0.140. The normalized spacial score (nSPS) is 18.3. The maximum atomic E-state index is 12.2. The average molecular weight is 445 g/mol. The number of hydrogen-bond acceptors (Lipinski definition) is 6. The Hall–Kier alpha value is -3.19. The first-order valence-corrected chi connectivity index (χ1v) is 11.7. The van der Waals surface area contributed by atoms with Gasteiger partial charge >= 0.3 is 5.97 Å². The van der Waals surface area contributed by atoms with Gasteiger partial charge in [0.1, 0.15) is 11.4 Å². The van der Waals surface area contributed by atoms with Crippen LogP contribution in [-0.2, 0) is 16.1 Å². The number of carbonyl (C=O) groups is 1. The molecule has 5 rings (SSSR count). The first kappa shape index (κ1) is 20.7. The first-order valence-electron chi connectivity index (χ1n) is 10.8. The molecule has 1 saturated heterocycles. The molecule has 1 aliphatic rings. The second-order valence-electron chi connectivity index (χ2n) is 8.08. The molecule has 0 saturated carbocycles. The van der Waals surface area contributed by atoms with E-state index in [9.17, 15) is 4.79 Å².